The molecule has 1 aliphatic rings. The predicted octanol–water partition coefficient (Wildman–Crippen LogP) is -0.0925. The van der Waals surface area contributed by atoms with Crippen LogP contribution in [-0.4, -0.2) is 44.1 Å². The molecule has 0 aromatic rings. The van der Waals surface area contributed by atoms with Gasteiger partial charge in [0.2, 0.25) is 11.8 Å². The predicted molar refractivity (Wildman–Crippen MR) is 68.4 cm³/mol. The van der Waals surface area contributed by atoms with E-state index in [1.165, 1.54) is 7.11 Å². The van der Waals surface area contributed by atoms with E-state index in [0.717, 1.165) is 25.7 Å². The van der Waals surface area contributed by atoms with E-state index in [1.807, 2.05) is 0 Å². The van der Waals surface area contributed by atoms with E-state index in [9.17, 15) is 14.4 Å². The lowest BCUT2D eigenvalue weighted by Gasteiger charge is -2.29. The zero-order chi connectivity index (χ0) is 14.3. The summed E-state index contributed by atoms with van der Waals surface area (Å²) in [5.74, 6) is -0.403. The highest BCUT2D eigenvalue weighted by Gasteiger charge is 2.37. The normalized spacial score (nSPS) is 16.5. The van der Waals surface area contributed by atoms with Crippen LogP contribution in [0.25, 0.3) is 0 Å². The van der Waals surface area contributed by atoms with E-state index in [0.29, 0.717) is 0 Å². The van der Waals surface area contributed by atoms with E-state index in [-0.39, 0.29) is 24.8 Å². The molecule has 1 rings (SSSR count). The summed E-state index contributed by atoms with van der Waals surface area (Å²) in [7, 11) is 2.81. The first-order valence-electron chi connectivity index (χ1n) is 6.35. The number of hydrogen-bond donors (Lipinski definition) is 3. The fraction of sp³-hybridized carbons (Fsp3) is 0.750. The molecule has 0 aromatic carbocycles. The van der Waals surface area contributed by atoms with Gasteiger partial charge in [-0.25, -0.2) is 4.79 Å². The SMILES string of the molecule is CNC(=O)CC1(NC(=O)CNC(=O)OC)CCCC1. The second kappa shape index (κ2) is 6.96. The lowest BCUT2D eigenvalue weighted by Crippen LogP contribution is -2.51. The van der Waals surface area contributed by atoms with Crippen LogP contribution in [0.15, 0.2) is 0 Å². The molecule has 0 unspecified atom stereocenters. The molecule has 0 saturated heterocycles. The smallest absolute Gasteiger partial charge is 0.407 e. The lowest BCUT2D eigenvalue weighted by molar-refractivity contribution is -0.124. The molecule has 0 spiro atoms. The number of amides is 3. The van der Waals surface area contributed by atoms with Gasteiger partial charge in [0, 0.05) is 19.0 Å². The van der Waals surface area contributed by atoms with Crippen molar-refractivity contribution in [2.45, 2.75) is 37.6 Å². The maximum Gasteiger partial charge on any atom is 0.407 e. The third-order valence-electron chi connectivity index (χ3n) is 3.32. The van der Waals surface area contributed by atoms with Crippen molar-refractivity contribution in [3.63, 3.8) is 0 Å². The number of nitrogens with one attached hydrogen (secondary N) is 3. The Morgan fingerprint density at radius 2 is 1.79 bits per heavy atom. The molecule has 0 bridgehead atoms. The molecule has 3 amide bonds. The third-order valence-corrected chi connectivity index (χ3v) is 3.32. The molecule has 1 aliphatic carbocycles. The van der Waals surface area contributed by atoms with Crippen LogP contribution < -0.4 is 16.0 Å². The van der Waals surface area contributed by atoms with Crippen LogP contribution in [0, 0.1) is 0 Å². The highest BCUT2D eigenvalue weighted by Crippen LogP contribution is 2.32. The van der Waals surface area contributed by atoms with E-state index in [4.69, 9.17) is 0 Å². The van der Waals surface area contributed by atoms with Crippen molar-refractivity contribution < 1.29 is 19.1 Å². The maximum atomic E-state index is 11.8. The number of alkyl carbamates (subject to hydrolysis) is 1. The Bertz CT molecular complexity index is 351. The minimum atomic E-state index is -0.651. The van der Waals surface area contributed by atoms with Crippen LogP contribution in [0.3, 0.4) is 0 Å². The van der Waals surface area contributed by atoms with Crippen molar-refractivity contribution >= 4 is 17.9 Å². The Kier molecular flexibility index (Phi) is 5.59. The summed E-state index contributed by atoms with van der Waals surface area (Å²) in [4.78, 5) is 34.2. The molecule has 0 aromatic heterocycles. The number of rotatable bonds is 5. The summed E-state index contributed by atoms with van der Waals surface area (Å²) < 4.78 is 4.38. The summed E-state index contributed by atoms with van der Waals surface area (Å²) >= 11 is 0. The van der Waals surface area contributed by atoms with E-state index < -0.39 is 11.6 Å². The first-order valence-corrected chi connectivity index (χ1v) is 6.35. The van der Waals surface area contributed by atoms with Gasteiger partial charge in [0.25, 0.3) is 0 Å². The molecule has 0 aliphatic heterocycles. The van der Waals surface area contributed by atoms with Crippen molar-refractivity contribution in [1.29, 1.82) is 0 Å². The second-order valence-corrected chi connectivity index (χ2v) is 4.73. The standard InChI is InChI=1S/C12H21N3O4/c1-13-9(16)7-12(5-3-4-6-12)15-10(17)8-14-11(18)19-2/h3-8H2,1-2H3,(H,13,16)(H,14,18)(H,15,17). The molecule has 3 N–H and O–H groups in total. The van der Waals surface area contributed by atoms with Gasteiger partial charge in [-0.05, 0) is 12.8 Å². The molecule has 0 radical (unpaired) electrons. The monoisotopic (exact) mass is 271 g/mol. The lowest BCUT2D eigenvalue weighted by atomic mass is 9.92. The van der Waals surface area contributed by atoms with Crippen LogP contribution in [0.2, 0.25) is 0 Å². The van der Waals surface area contributed by atoms with E-state index >= 15 is 0 Å². The van der Waals surface area contributed by atoms with Gasteiger partial charge in [0.15, 0.2) is 0 Å². The van der Waals surface area contributed by atoms with Gasteiger partial charge in [0.05, 0.1) is 7.11 Å². The quantitative estimate of drug-likeness (QED) is 0.651. The summed E-state index contributed by atoms with van der Waals surface area (Å²) in [5, 5.41) is 7.75. The van der Waals surface area contributed by atoms with Crippen LogP contribution in [0.5, 0.6) is 0 Å². The maximum absolute atomic E-state index is 11.8. The van der Waals surface area contributed by atoms with Crippen molar-refractivity contribution in [1.82, 2.24) is 16.0 Å². The Balaban J connectivity index is 2.51. The fourth-order valence-corrected chi connectivity index (χ4v) is 2.36. The van der Waals surface area contributed by atoms with Gasteiger partial charge in [0.1, 0.15) is 6.54 Å². The minimum absolute atomic E-state index is 0.0943. The number of ether oxygens (including phenoxy) is 1. The molecule has 1 fully saturated rings. The average molecular weight is 271 g/mol. The van der Waals surface area contributed by atoms with Crippen molar-refractivity contribution in [2.75, 3.05) is 20.7 Å². The molecule has 19 heavy (non-hydrogen) atoms. The van der Waals surface area contributed by atoms with Crippen LogP contribution in [0.1, 0.15) is 32.1 Å². The third kappa shape index (κ3) is 4.76. The van der Waals surface area contributed by atoms with Crippen LogP contribution in [-0.2, 0) is 14.3 Å². The van der Waals surface area contributed by atoms with Gasteiger partial charge >= 0.3 is 6.09 Å². The molecule has 0 heterocycles. The summed E-state index contributed by atoms with van der Waals surface area (Å²) in [5.41, 5.74) is -0.477. The van der Waals surface area contributed by atoms with Crippen molar-refractivity contribution in [2.24, 2.45) is 0 Å². The average Bonchev–Trinajstić information content (AvgIpc) is 2.83. The second-order valence-electron chi connectivity index (χ2n) is 4.73. The fourth-order valence-electron chi connectivity index (χ4n) is 2.36. The summed E-state index contributed by atoms with van der Waals surface area (Å²) in [6, 6.07) is 0. The molecule has 1 saturated carbocycles. The number of hydrogen-bond acceptors (Lipinski definition) is 4. The first kappa shape index (κ1) is 15.3. The Morgan fingerprint density at radius 1 is 1.16 bits per heavy atom. The van der Waals surface area contributed by atoms with Gasteiger partial charge < -0.3 is 20.7 Å². The Labute approximate surface area is 112 Å². The Morgan fingerprint density at radius 3 is 2.32 bits per heavy atom. The molecule has 7 nitrogen and oxygen atoms in total. The zero-order valence-electron chi connectivity index (χ0n) is 11.4. The zero-order valence-corrected chi connectivity index (χ0v) is 11.4. The minimum Gasteiger partial charge on any atom is -0.453 e. The van der Waals surface area contributed by atoms with Crippen molar-refractivity contribution in [3.8, 4) is 0 Å². The van der Waals surface area contributed by atoms with E-state index in [1.54, 1.807) is 7.05 Å². The topological polar surface area (TPSA) is 96.5 Å². The Hall–Kier alpha value is -1.79. The number of carbonyl (C=O) groups excluding carboxylic acids is 3. The van der Waals surface area contributed by atoms with Gasteiger partial charge in [-0.3, -0.25) is 9.59 Å². The molecular weight excluding hydrogens is 250 g/mol. The van der Waals surface area contributed by atoms with Crippen LogP contribution >= 0.6 is 0 Å². The van der Waals surface area contributed by atoms with Crippen LogP contribution in [0.4, 0.5) is 4.79 Å². The summed E-state index contributed by atoms with van der Waals surface area (Å²) in [6.45, 7) is -0.151. The van der Waals surface area contributed by atoms with Gasteiger partial charge in [-0.15, -0.1) is 0 Å². The first-order chi connectivity index (χ1) is 9.01. The highest BCUT2D eigenvalue weighted by atomic mass is 16.5. The molecule has 0 atom stereocenters. The summed E-state index contributed by atoms with van der Waals surface area (Å²) in [6.07, 6.45) is 3.16. The van der Waals surface area contributed by atoms with E-state index in [2.05, 4.69) is 20.7 Å². The molecule has 7 heteroatoms. The molecular formula is C12H21N3O4. The van der Waals surface area contributed by atoms with Gasteiger partial charge in [-0.1, -0.05) is 12.8 Å². The number of carbonyl (C=O) groups is 3. The van der Waals surface area contributed by atoms with Gasteiger partial charge in [-0.2, -0.15) is 0 Å². The molecule has 108 valence electrons. The van der Waals surface area contributed by atoms with Crippen molar-refractivity contribution in [3.05, 3.63) is 0 Å². The largest absolute Gasteiger partial charge is 0.453 e. The number of methoxy groups -OCH3 is 1. The highest BCUT2D eigenvalue weighted by molar-refractivity contribution is 5.84.